The summed E-state index contributed by atoms with van der Waals surface area (Å²) in [5, 5.41) is 20.2. The van der Waals surface area contributed by atoms with Gasteiger partial charge in [0.05, 0.1) is 7.11 Å². The summed E-state index contributed by atoms with van der Waals surface area (Å²) in [6.07, 6.45) is 0.101. The molecule has 2 aromatic rings. The minimum atomic E-state index is -0.315. The second-order valence-corrected chi connectivity index (χ2v) is 4.92. The monoisotopic (exact) mass is 286 g/mol. The molecule has 2 N–H and O–H groups in total. The van der Waals surface area contributed by atoms with Crippen molar-refractivity contribution in [3.63, 3.8) is 0 Å². The number of aryl methyl sites for hydroxylation is 1. The van der Waals surface area contributed by atoms with Gasteiger partial charge in [-0.1, -0.05) is 18.2 Å². The summed E-state index contributed by atoms with van der Waals surface area (Å²) in [6.45, 7) is 1.85. The Kier molecular flexibility index (Phi) is 2.97. The molecular weight excluding hydrogens is 272 g/mol. The Hall–Kier alpha value is -2.69. The van der Waals surface area contributed by atoms with Crippen molar-refractivity contribution in [2.45, 2.75) is 13.3 Å². The van der Waals surface area contributed by atoms with Gasteiger partial charge in [-0.3, -0.25) is 4.79 Å². The number of ketones is 1. The fraction of sp³-hybridized carbons (Fsp3) is 0.188. The normalized spacial score (nSPS) is 13.0. The summed E-state index contributed by atoms with van der Waals surface area (Å²) in [4.78, 5) is 12.4. The fourth-order valence-corrected chi connectivity index (χ4v) is 2.50. The maximum absolute atomic E-state index is 12.4. The molecule has 0 radical (unpaired) electrons. The summed E-state index contributed by atoms with van der Waals surface area (Å²) in [5.74, 6) is -0.372. The SMILES string of the molecule is COc1cc(O)c2c(c1O)Oc1c(C)cccc1CC2=O. The Bertz CT molecular complexity index is 749. The average molecular weight is 286 g/mol. The predicted octanol–water partition coefficient (Wildman–Crippen LogP) is 2.95. The summed E-state index contributed by atoms with van der Waals surface area (Å²) >= 11 is 0. The van der Waals surface area contributed by atoms with E-state index in [9.17, 15) is 15.0 Å². The van der Waals surface area contributed by atoms with Crippen LogP contribution in [0.25, 0.3) is 0 Å². The predicted molar refractivity (Wildman–Crippen MR) is 75.6 cm³/mol. The zero-order valence-corrected chi connectivity index (χ0v) is 11.6. The molecule has 0 saturated heterocycles. The number of benzene rings is 2. The van der Waals surface area contributed by atoms with Crippen molar-refractivity contribution in [2.75, 3.05) is 7.11 Å². The zero-order chi connectivity index (χ0) is 15.1. The van der Waals surface area contributed by atoms with Gasteiger partial charge in [-0.25, -0.2) is 0 Å². The lowest BCUT2D eigenvalue weighted by atomic mass is 10.0. The standard InChI is InChI=1S/C16H14O5/c1-8-4-3-5-9-6-10(17)13-11(18)7-12(20-2)14(19)16(13)21-15(8)9/h3-5,7,18-19H,6H2,1-2H3. The van der Waals surface area contributed by atoms with Crippen molar-refractivity contribution in [2.24, 2.45) is 0 Å². The molecule has 1 heterocycles. The van der Waals surface area contributed by atoms with Crippen molar-refractivity contribution in [1.29, 1.82) is 0 Å². The first-order valence-corrected chi connectivity index (χ1v) is 6.45. The Morgan fingerprint density at radius 2 is 2.00 bits per heavy atom. The van der Waals surface area contributed by atoms with E-state index in [0.717, 1.165) is 5.56 Å². The summed E-state index contributed by atoms with van der Waals surface area (Å²) in [5.41, 5.74) is 1.53. The number of phenols is 2. The lowest BCUT2D eigenvalue weighted by Gasteiger charge is -2.14. The number of carbonyl (C=O) groups is 1. The molecule has 0 aliphatic carbocycles. The molecule has 0 atom stereocenters. The van der Waals surface area contributed by atoms with E-state index in [-0.39, 0.29) is 40.8 Å². The summed E-state index contributed by atoms with van der Waals surface area (Å²) < 4.78 is 10.7. The van der Waals surface area contributed by atoms with Gasteiger partial charge in [0.2, 0.25) is 5.75 Å². The molecule has 21 heavy (non-hydrogen) atoms. The number of methoxy groups -OCH3 is 1. The molecule has 5 heteroatoms. The third kappa shape index (κ3) is 1.98. The van der Waals surface area contributed by atoms with Crippen LogP contribution in [0.5, 0.6) is 28.7 Å². The number of carbonyl (C=O) groups excluding carboxylic acids is 1. The smallest absolute Gasteiger partial charge is 0.202 e. The number of aromatic hydroxyl groups is 2. The molecule has 3 rings (SSSR count). The third-order valence-corrected chi connectivity index (χ3v) is 3.55. The number of ether oxygens (including phenoxy) is 2. The van der Waals surface area contributed by atoms with Gasteiger partial charge in [-0.15, -0.1) is 0 Å². The van der Waals surface area contributed by atoms with Crippen LogP contribution in [-0.4, -0.2) is 23.1 Å². The van der Waals surface area contributed by atoms with Crippen molar-refractivity contribution < 1.29 is 24.5 Å². The van der Waals surface area contributed by atoms with E-state index in [0.29, 0.717) is 11.3 Å². The molecule has 1 aliphatic rings. The quantitative estimate of drug-likeness (QED) is 0.788. The molecule has 108 valence electrons. The molecule has 2 aromatic carbocycles. The van der Waals surface area contributed by atoms with Crippen LogP contribution in [0.2, 0.25) is 0 Å². The van der Waals surface area contributed by atoms with Gasteiger partial charge < -0.3 is 19.7 Å². The van der Waals surface area contributed by atoms with Gasteiger partial charge in [0.15, 0.2) is 17.3 Å². The maximum atomic E-state index is 12.4. The number of para-hydroxylation sites is 1. The Labute approximate surface area is 121 Å². The van der Waals surface area contributed by atoms with Gasteiger partial charge >= 0.3 is 0 Å². The first kappa shape index (κ1) is 13.3. The number of hydrogen-bond donors (Lipinski definition) is 2. The third-order valence-electron chi connectivity index (χ3n) is 3.55. The molecule has 0 saturated carbocycles. The molecule has 0 aromatic heterocycles. The summed E-state index contributed by atoms with van der Waals surface area (Å²) in [7, 11) is 1.36. The van der Waals surface area contributed by atoms with E-state index >= 15 is 0 Å². The highest BCUT2D eigenvalue weighted by Crippen LogP contribution is 2.48. The van der Waals surface area contributed by atoms with Crippen LogP contribution in [0.4, 0.5) is 0 Å². The van der Waals surface area contributed by atoms with Crippen LogP contribution < -0.4 is 9.47 Å². The van der Waals surface area contributed by atoms with Crippen LogP contribution in [-0.2, 0) is 6.42 Å². The van der Waals surface area contributed by atoms with Gasteiger partial charge in [-0.2, -0.15) is 0 Å². The number of Topliss-reactive ketones (excluding diaryl/α,β-unsaturated/α-hetero) is 1. The van der Waals surface area contributed by atoms with Crippen LogP contribution in [0.3, 0.4) is 0 Å². The largest absolute Gasteiger partial charge is 0.507 e. The lowest BCUT2D eigenvalue weighted by Crippen LogP contribution is -2.03. The van der Waals surface area contributed by atoms with Gasteiger partial charge in [0.25, 0.3) is 0 Å². The first-order chi connectivity index (χ1) is 10.0. The molecule has 0 spiro atoms. The van der Waals surface area contributed by atoms with E-state index in [1.165, 1.54) is 13.2 Å². The number of phenolic OH excluding ortho intramolecular Hbond substituents is 2. The second-order valence-electron chi connectivity index (χ2n) is 4.92. The summed E-state index contributed by atoms with van der Waals surface area (Å²) in [6, 6.07) is 6.68. The van der Waals surface area contributed by atoms with E-state index in [1.807, 2.05) is 19.1 Å². The van der Waals surface area contributed by atoms with E-state index in [2.05, 4.69) is 0 Å². The minimum Gasteiger partial charge on any atom is -0.507 e. The van der Waals surface area contributed by atoms with E-state index in [4.69, 9.17) is 9.47 Å². The van der Waals surface area contributed by atoms with Crippen LogP contribution in [0, 0.1) is 6.92 Å². The molecule has 1 aliphatic heterocycles. The molecule has 0 bridgehead atoms. The maximum Gasteiger partial charge on any atom is 0.202 e. The van der Waals surface area contributed by atoms with Gasteiger partial charge in [-0.05, 0) is 12.5 Å². The molecule has 5 nitrogen and oxygen atoms in total. The highest BCUT2D eigenvalue weighted by atomic mass is 16.5. The van der Waals surface area contributed by atoms with Crippen molar-refractivity contribution in [3.05, 3.63) is 41.0 Å². The van der Waals surface area contributed by atoms with Gasteiger partial charge in [0.1, 0.15) is 17.1 Å². The van der Waals surface area contributed by atoms with E-state index in [1.54, 1.807) is 6.07 Å². The highest BCUT2D eigenvalue weighted by Gasteiger charge is 2.29. The topological polar surface area (TPSA) is 76.0 Å². The Balaban J connectivity index is 2.29. The number of fused-ring (bicyclic) bond motifs is 2. The molecule has 0 amide bonds. The second kappa shape index (κ2) is 4.70. The Morgan fingerprint density at radius 3 is 2.71 bits per heavy atom. The fourth-order valence-electron chi connectivity index (χ4n) is 2.50. The van der Waals surface area contributed by atoms with Crippen LogP contribution in [0.1, 0.15) is 21.5 Å². The molecule has 0 fully saturated rings. The van der Waals surface area contributed by atoms with Gasteiger partial charge in [0, 0.05) is 18.1 Å². The highest BCUT2D eigenvalue weighted by molar-refractivity contribution is 6.04. The molecule has 0 unspecified atom stereocenters. The van der Waals surface area contributed by atoms with Crippen LogP contribution >= 0.6 is 0 Å². The van der Waals surface area contributed by atoms with Crippen LogP contribution in [0.15, 0.2) is 24.3 Å². The number of rotatable bonds is 1. The lowest BCUT2D eigenvalue weighted by molar-refractivity contribution is 0.0990. The minimum absolute atomic E-state index is 0.0242. The first-order valence-electron chi connectivity index (χ1n) is 6.45. The van der Waals surface area contributed by atoms with Crippen molar-refractivity contribution in [3.8, 4) is 28.7 Å². The van der Waals surface area contributed by atoms with Crippen molar-refractivity contribution >= 4 is 5.78 Å². The average Bonchev–Trinajstić information content (AvgIpc) is 2.60. The van der Waals surface area contributed by atoms with Crippen molar-refractivity contribution in [1.82, 2.24) is 0 Å². The zero-order valence-electron chi connectivity index (χ0n) is 11.6. The molecular formula is C16H14O5. The number of hydrogen-bond acceptors (Lipinski definition) is 5. The Morgan fingerprint density at radius 1 is 1.24 bits per heavy atom. The van der Waals surface area contributed by atoms with E-state index < -0.39 is 0 Å².